The minimum atomic E-state index is 0.928. The summed E-state index contributed by atoms with van der Waals surface area (Å²) in [5.74, 6) is 0.972. The molecule has 2 heteroatoms. The molecule has 0 aromatic rings. The second-order valence-corrected chi connectivity index (χ2v) is 4.41. The molecule has 0 spiro atoms. The third-order valence-corrected chi connectivity index (χ3v) is 3.00. The van der Waals surface area contributed by atoms with E-state index in [2.05, 4.69) is 23.8 Å². The number of nitrogens with one attached hydrogen (secondary N) is 1. The summed E-state index contributed by atoms with van der Waals surface area (Å²) >= 11 is 0. The minimum Gasteiger partial charge on any atom is -0.312 e. The van der Waals surface area contributed by atoms with Gasteiger partial charge in [0, 0.05) is 26.2 Å². The van der Waals surface area contributed by atoms with Crippen molar-refractivity contribution in [3.63, 3.8) is 0 Å². The summed E-state index contributed by atoms with van der Waals surface area (Å²) in [4.78, 5) is 2.45. The highest BCUT2D eigenvalue weighted by atomic mass is 15.1. The predicted molar refractivity (Wildman–Crippen MR) is 62.5 cm³/mol. The third kappa shape index (κ3) is 4.77. The average molecular weight is 196 g/mol. The molecule has 2 nitrogen and oxygen atoms in total. The zero-order chi connectivity index (χ0) is 10.2. The van der Waals surface area contributed by atoms with Crippen LogP contribution in [0.1, 0.15) is 25.7 Å². The van der Waals surface area contributed by atoms with Gasteiger partial charge in [0.05, 0.1) is 0 Å². The van der Waals surface area contributed by atoms with Gasteiger partial charge in [0.15, 0.2) is 0 Å². The topological polar surface area (TPSA) is 15.3 Å². The van der Waals surface area contributed by atoms with Crippen LogP contribution in [0.3, 0.4) is 0 Å². The summed E-state index contributed by atoms with van der Waals surface area (Å²) in [6, 6.07) is 0. The number of hydrogen-bond acceptors (Lipinski definition) is 2. The highest BCUT2D eigenvalue weighted by Gasteiger charge is 2.16. The molecular weight excluding hydrogens is 172 g/mol. The standard InChI is InChI=1S/C12H24N2/c1-3-8-13-9-10-14(2)11-12-6-4-5-7-12/h3,12-13H,1,4-11H2,2H3. The van der Waals surface area contributed by atoms with Crippen LogP contribution in [-0.4, -0.2) is 38.1 Å². The first-order valence-corrected chi connectivity index (χ1v) is 5.83. The fourth-order valence-electron chi connectivity index (χ4n) is 2.20. The average Bonchev–Trinajstić information content (AvgIpc) is 2.65. The summed E-state index contributed by atoms with van der Waals surface area (Å²) in [6.07, 6.45) is 7.71. The van der Waals surface area contributed by atoms with E-state index in [0.29, 0.717) is 0 Å². The van der Waals surface area contributed by atoms with Crippen molar-refractivity contribution in [3.8, 4) is 0 Å². The van der Waals surface area contributed by atoms with Crippen molar-refractivity contribution in [2.45, 2.75) is 25.7 Å². The lowest BCUT2D eigenvalue weighted by Crippen LogP contribution is -2.32. The molecule has 0 amide bonds. The van der Waals surface area contributed by atoms with Gasteiger partial charge in [0.1, 0.15) is 0 Å². The number of rotatable bonds is 7. The Bertz CT molecular complexity index is 150. The van der Waals surface area contributed by atoms with Gasteiger partial charge in [0.25, 0.3) is 0 Å². The van der Waals surface area contributed by atoms with E-state index in [9.17, 15) is 0 Å². The molecule has 1 N–H and O–H groups in total. The van der Waals surface area contributed by atoms with Gasteiger partial charge in [-0.25, -0.2) is 0 Å². The molecule has 1 fully saturated rings. The van der Waals surface area contributed by atoms with Crippen LogP contribution in [0.15, 0.2) is 12.7 Å². The molecule has 82 valence electrons. The molecule has 0 saturated heterocycles. The van der Waals surface area contributed by atoms with E-state index < -0.39 is 0 Å². The Morgan fingerprint density at radius 2 is 2.14 bits per heavy atom. The van der Waals surface area contributed by atoms with Gasteiger partial charge in [-0.3, -0.25) is 0 Å². The Hall–Kier alpha value is -0.340. The molecule has 1 aliphatic rings. The first-order valence-electron chi connectivity index (χ1n) is 5.83. The Morgan fingerprint density at radius 1 is 1.43 bits per heavy atom. The molecular formula is C12H24N2. The van der Waals surface area contributed by atoms with E-state index in [1.807, 2.05) is 6.08 Å². The maximum atomic E-state index is 3.68. The van der Waals surface area contributed by atoms with Crippen LogP contribution in [0.2, 0.25) is 0 Å². The Labute approximate surface area is 88.4 Å². The molecule has 0 radical (unpaired) electrons. The van der Waals surface area contributed by atoms with E-state index in [-0.39, 0.29) is 0 Å². The largest absolute Gasteiger partial charge is 0.312 e. The third-order valence-electron chi connectivity index (χ3n) is 3.00. The smallest absolute Gasteiger partial charge is 0.0132 e. The van der Waals surface area contributed by atoms with E-state index in [1.54, 1.807) is 0 Å². The van der Waals surface area contributed by atoms with Crippen LogP contribution >= 0.6 is 0 Å². The van der Waals surface area contributed by atoms with Crippen molar-refractivity contribution < 1.29 is 0 Å². The molecule has 0 atom stereocenters. The Kier molecular flexibility index (Phi) is 5.88. The van der Waals surface area contributed by atoms with Crippen molar-refractivity contribution in [1.29, 1.82) is 0 Å². The Morgan fingerprint density at radius 3 is 2.79 bits per heavy atom. The van der Waals surface area contributed by atoms with Gasteiger partial charge in [-0.2, -0.15) is 0 Å². The number of hydrogen-bond donors (Lipinski definition) is 1. The number of likely N-dealkylation sites (N-methyl/N-ethyl adjacent to an activating group) is 1. The first kappa shape index (κ1) is 11.7. The molecule has 14 heavy (non-hydrogen) atoms. The summed E-state index contributed by atoms with van der Waals surface area (Å²) < 4.78 is 0. The van der Waals surface area contributed by atoms with Crippen molar-refractivity contribution in [1.82, 2.24) is 10.2 Å². The highest BCUT2D eigenvalue weighted by Crippen LogP contribution is 2.24. The molecule has 1 aliphatic carbocycles. The SMILES string of the molecule is C=CCNCCN(C)CC1CCCC1. The lowest BCUT2D eigenvalue weighted by molar-refractivity contribution is 0.279. The summed E-state index contributed by atoms with van der Waals surface area (Å²) in [5.41, 5.74) is 0. The number of nitrogens with zero attached hydrogens (tertiary/aromatic N) is 1. The molecule has 0 unspecified atom stereocenters. The van der Waals surface area contributed by atoms with Crippen molar-refractivity contribution >= 4 is 0 Å². The van der Waals surface area contributed by atoms with Crippen molar-refractivity contribution in [2.24, 2.45) is 5.92 Å². The fraction of sp³-hybridized carbons (Fsp3) is 0.833. The van der Waals surface area contributed by atoms with Gasteiger partial charge >= 0.3 is 0 Å². The highest BCUT2D eigenvalue weighted by molar-refractivity contribution is 4.72. The van der Waals surface area contributed by atoms with Crippen molar-refractivity contribution in [3.05, 3.63) is 12.7 Å². The van der Waals surface area contributed by atoms with E-state index >= 15 is 0 Å². The molecule has 0 aliphatic heterocycles. The maximum absolute atomic E-state index is 3.68. The van der Waals surface area contributed by atoms with Crippen LogP contribution in [0.25, 0.3) is 0 Å². The van der Waals surface area contributed by atoms with Crippen LogP contribution in [-0.2, 0) is 0 Å². The zero-order valence-electron chi connectivity index (χ0n) is 9.47. The van der Waals surface area contributed by atoms with Gasteiger partial charge in [-0.15, -0.1) is 6.58 Å². The van der Waals surface area contributed by atoms with Crippen molar-refractivity contribution in [2.75, 3.05) is 33.2 Å². The van der Waals surface area contributed by atoms with Crippen LogP contribution in [0.5, 0.6) is 0 Å². The quantitative estimate of drug-likeness (QED) is 0.494. The van der Waals surface area contributed by atoms with Crippen LogP contribution in [0.4, 0.5) is 0 Å². The first-order chi connectivity index (χ1) is 6.83. The molecule has 0 bridgehead atoms. The van der Waals surface area contributed by atoms with E-state index in [0.717, 1.165) is 25.6 Å². The summed E-state index contributed by atoms with van der Waals surface area (Å²) in [6.45, 7) is 8.14. The second-order valence-electron chi connectivity index (χ2n) is 4.41. The zero-order valence-corrected chi connectivity index (χ0v) is 9.47. The lowest BCUT2D eigenvalue weighted by Gasteiger charge is -2.20. The van der Waals surface area contributed by atoms with E-state index in [4.69, 9.17) is 0 Å². The second kappa shape index (κ2) is 7.02. The predicted octanol–water partition coefficient (Wildman–Crippen LogP) is 1.88. The summed E-state index contributed by atoms with van der Waals surface area (Å²) in [7, 11) is 2.23. The molecule has 0 aromatic heterocycles. The van der Waals surface area contributed by atoms with E-state index in [1.165, 1.54) is 32.2 Å². The molecule has 0 heterocycles. The summed E-state index contributed by atoms with van der Waals surface area (Å²) in [5, 5.41) is 3.33. The monoisotopic (exact) mass is 196 g/mol. The van der Waals surface area contributed by atoms with Gasteiger partial charge in [-0.05, 0) is 25.8 Å². The normalized spacial score (nSPS) is 17.9. The lowest BCUT2D eigenvalue weighted by atomic mass is 10.1. The van der Waals surface area contributed by atoms with Gasteiger partial charge in [-0.1, -0.05) is 18.9 Å². The van der Waals surface area contributed by atoms with Gasteiger partial charge < -0.3 is 10.2 Å². The molecule has 1 saturated carbocycles. The van der Waals surface area contributed by atoms with Gasteiger partial charge in [0.2, 0.25) is 0 Å². The fourth-order valence-corrected chi connectivity index (χ4v) is 2.20. The molecule has 0 aromatic carbocycles. The Balaban J connectivity index is 1.97. The van der Waals surface area contributed by atoms with Crippen LogP contribution < -0.4 is 5.32 Å². The minimum absolute atomic E-state index is 0.928. The van der Waals surface area contributed by atoms with Crippen LogP contribution in [0, 0.1) is 5.92 Å². The molecule has 1 rings (SSSR count). The maximum Gasteiger partial charge on any atom is 0.0132 e.